The molecule has 0 saturated heterocycles. The molecule has 3 rings (SSSR count). The van der Waals surface area contributed by atoms with E-state index in [0.29, 0.717) is 5.82 Å². The Kier molecular flexibility index (Phi) is 5.36. The van der Waals surface area contributed by atoms with Crippen LogP contribution in [0.2, 0.25) is 0 Å². The highest BCUT2D eigenvalue weighted by molar-refractivity contribution is 14.1. The SMILES string of the molecule is O=C(Cn1nnc(COc2ccccc2)n1)Nc1ccccc1I. The van der Waals surface area contributed by atoms with E-state index in [9.17, 15) is 4.79 Å². The van der Waals surface area contributed by atoms with Crippen molar-refractivity contribution in [3.8, 4) is 5.75 Å². The zero-order valence-electron chi connectivity index (χ0n) is 12.6. The number of rotatable bonds is 6. The van der Waals surface area contributed by atoms with Gasteiger partial charge in [-0.3, -0.25) is 4.79 Å². The van der Waals surface area contributed by atoms with Crippen LogP contribution in [-0.4, -0.2) is 26.1 Å². The summed E-state index contributed by atoms with van der Waals surface area (Å²) in [6.45, 7) is 0.186. The summed E-state index contributed by atoms with van der Waals surface area (Å²) in [5, 5.41) is 14.7. The smallest absolute Gasteiger partial charge is 0.248 e. The molecule has 0 radical (unpaired) electrons. The van der Waals surface area contributed by atoms with Gasteiger partial charge in [-0.1, -0.05) is 30.3 Å². The van der Waals surface area contributed by atoms with Crippen LogP contribution in [0.1, 0.15) is 5.82 Å². The van der Waals surface area contributed by atoms with Crippen LogP contribution < -0.4 is 10.1 Å². The molecule has 122 valence electrons. The molecule has 0 aliphatic heterocycles. The van der Waals surface area contributed by atoms with Gasteiger partial charge >= 0.3 is 0 Å². The van der Waals surface area contributed by atoms with Crippen molar-refractivity contribution in [2.24, 2.45) is 0 Å². The number of aromatic nitrogens is 4. The fraction of sp³-hybridized carbons (Fsp3) is 0.125. The second-order valence-electron chi connectivity index (χ2n) is 4.87. The number of tetrazole rings is 1. The zero-order chi connectivity index (χ0) is 16.8. The molecule has 0 atom stereocenters. The molecule has 2 aromatic carbocycles. The number of carbonyl (C=O) groups excluding carboxylic acids is 1. The molecule has 0 saturated carbocycles. The minimum absolute atomic E-state index is 0.0106. The van der Waals surface area contributed by atoms with Gasteiger partial charge in [0.2, 0.25) is 11.7 Å². The molecule has 24 heavy (non-hydrogen) atoms. The fourth-order valence-electron chi connectivity index (χ4n) is 1.95. The predicted octanol–water partition coefficient (Wildman–Crippen LogP) is 2.50. The number of hydrogen-bond donors (Lipinski definition) is 1. The first-order valence-corrected chi connectivity index (χ1v) is 8.27. The summed E-state index contributed by atoms with van der Waals surface area (Å²) in [6.07, 6.45) is 0. The Balaban J connectivity index is 1.54. The third-order valence-electron chi connectivity index (χ3n) is 3.04. The molecule has 1 N–H and O–H groups in total. The van der Waals surface area contributed by atoms with Gasteiger partial charge in [-0.15, -0.1) is 10.2 Å². The summed E-state index contributed by atoms with van der Waals surface area (Å²) in [4.78, 5) is 13.3. The number of benzene rings is 2. The minimum atomic E-state index is -0.216. The molecular weight excluding hydrogens is 421 g/mol. The molecule has 1 aromatic heterocycles. The van der Waals surface area contributed by atoms with E-state index >= 15 is 0 Å². The lowest BCUT2D eigenvalue weighted by Gasteiger charge is -2.06. The minimum Gasteiger partial charge on any atom is -0.485 e. The van der Waals surface area contributed by atoms with E-state index in [1.807, 2.05) is 54.6 Å². The predicted molar refractivity (Wildman–Crippen MR) is 96.4 cm³/mol. The molecule has 0 spiro atoms. The standard InChI is InChI=1S/C16H14IN5O2/c17-13-8-4-5-9-14(13)18-16(23)10-22-20-15(19-21-22)11-24-12-6-2-1-3-7-12/h1-9H,10-11H2,(H,18,23). The highest BCUT2D eigenvalue weighted by Gasteiger charge is 2.09. The van der Waals surface area contributed by atoms with Gasteiger partial charge in [0.15, 0.2) is 6.61 Å². The highest BCUT2D eigenvalue weighted by atomic mass is 127. The molecule has 0 unspecified atom stereocenters. The van der Waals surface area contributed by atoms with E-state index in [1.165, 1.54) is 4.80 Å². The lowest BCUT2D eigenvalue weighted by Crippen LogP contribution is -2.21. The zero-order valence-corrected chi connectivity index (χ0v) is 14.8. The van der Waals surface area contributed by atoms with Crippen molar-refractivity contribution >= 4 is 34.2 Å². The van der Waals surface area contributed by atoms with E-state index in [2.05, 4.69) is 43.3 Å². The number of para-hydroxylation sites is 2. The number of anilines is 1. The lowest BCUT2D eigenvalue weighted by atomic mass is 10.3. The molecule has 7 nitrogen and oxygen atoms in total. The van der Waals surface area contributed by atoms with Crippen LogP contribution in [-0.2, 0) is 17.9 Å². The number of nitrogens with one attached hydrogen (secondary N) is 1. The van der Waals surface area contributed by atoms with E-state index in [-0.39, 0.29) is 19.1 Å². The third-order valence-corrected chi connectivity index (χ3v) is 3.98. The van der Waals surface area contributed by atoms with Crippen molar-refractivity contribution in [2.45, 2.75) is 13.2 Å². The molecule has 3 aromatic rings. The molecule has 0 fully saturated rings. The Hall–Kier alpha value is -2.49. The van der Waals surface area contributed by atoms with Crippen LogP contribution in [0.15, 0.2) is 54.6 Å². The van der Waals surface area contributed by atoms with Gasteiger partial charge in [-0.25, -0.2) is 0 Å². The Morgan fingerprint density at radius 3 is 2.67 bits per heavy atom. The van der Waals surface area contributed by atoms with Crippen molar-refractivity contribution in [1.82, 2.24) is 20.2 Å². The summed E-state index contributed by atoms with van der Waals surface area (Å²) in [5.41, 5.74) is 0.760. The summed E-state index contributed by atoms with van der Waals surface area (Å²) < 4.78 is 6.51. The van der Waals surface area contributed by atoms with Crippen LogP contribution in [0.3, 0.4) is 0 Å². The molecular formula is C16H14IN5O2. The first-order chi connectivity index (χ1) is 11.7. The summed E-state index contributed by atoms with van der Waals surface area (Å²) in [6, 6.07) is 16.9. The average Bonchev–Trinajstić information content (AvgIpc) is 3.03. The van der Waals surface area contributed by atoms with Crippen molar-refractivity contribution in [3.05, 3.63) is 64.0 Å². The molecule has 8 heteroatoms. The van der Waals surface area contributed by atoms with Gasteiger partial charge in [0.05, 0.1) is 5.69 Å². The Labute approximate surface area is 152 Å². The first kappa shape index (κ1) is 16.4. The van der Waals surface area contributed by atoms with Gasteiger partial charge in [-0.2, -0.15) is 4.80 Å². The van der Waals surface area contributed by atoms with Crippen molar-refractivity contribution in [3.63, 3.8) is 0 Å². The number of carbonyl (C=O) groups is 1. The van der Waals surface area contributed by atoms with Crippen molar-refractivity contribution in [2.75, 3.05) is 5.32 Å². The normalized spacial score (nSPS) is 10.4. The molecule has 0 aliphatic rings. The second kappa shape index (κ2) is 7.86. The topological polar surface area (TPSA) is 81.9 Å². The maximum absolute atomic E-state index is 12.0. The van der Waals surface area contributed by atoms with E-state index in [0.717, 1.165) is 15.0 Å². The van der Waals surface area contributed by atoms with Gasteiger partial charge in [0.25, 0.3) is 0 Å². The van der Waals surface area contributed by atoms with Crippen molar-refractivity contribution < 1.29 is 9.53 Å². The highest BCUT2D eigenvalue weighted by Crippen LogP contribution is 2.16. The van der Waals surface area contributed by atoms with Gasteiger partial charge in [0.1, 0.15) is 12.3 Å². The van der Waals surface area contributed by atoms with Gasteiger partial charge in [-0.05, 0) is 52.1 Å². The second-order valence-corrected chi connectivity index (χ2v) is 6.03. The molecule has 1 amide bonds. The largest absolute Gasteiger partial charge is 0.485 e. The van der Waals surface area contributed by atoms with Crippen LogP contribution >= 0.6 is 22.6 Å². The first-order valence-electron chi connectivity index (χ1n) is 7.19. The third kappa shape index (κ3) is 4.51. The van der Waals surface area contributed by atoms with E-state index in [4.69, 9.17) is 4.74 Å². The van der Waals surface area contributed by atoms with Crippen LogP contribution in [0.25, 0.3) is 0 Å². The Bertz CT molecular complexity index is 822. The molecule has 1 heterocycles. The van der Waals surface area contributed by atoms with Crippen LogP contribution in [0.5, 0.6) is 5.75 Å². The van der Waals surface area contributed by atoms with E-state index in [1.54, 1.807) is 0 Å². The molecule has 0 bridgehead atoms. The monoisotopic (exact) mass is 435 g/mol. The quantitative estimate of drug-likeness (QED) is 0.602. The molecule has 0 aliphatic carbocycles. The number of ether oxygens (including phenoxy) is 1. The number of hydrogen-bond acceptors (Lipinski definition) is 5. The van der Waals surface area contributed by atoms with E-state index < -0.39 is 0 Å². The summed E-state index contributed by atoms with van der Waals surface area (Å²) >= 11 is 2.16. The number of halogens is 1. The maximum atomic E-state index is 12.0. The number of nitrogens with zero attached hydrogens (tertiary/aromatic N) is 4. The van der Waals surface area contributed by atoms with Crippen molar-refractivity contribution in [1.29, 1.82) is 0 Å². The average molecular weight is 435 g/mol. The Morgan fingerprint density at radius 1 is 1.12 bits per heavy atom. The van der Waals surface area contributed by atoms with Gasteiger partial charge in [0, 0.05) is 3.57 Å². The lowest BCUT2D eigenvalue weighted by molar-refractivity contribution is -0.117. The Morgan fingerprint density at radius 2 is 1.88 bits per heavy atom. The summed E-state index contributed by atoms with van der Waals surface area (Å²) in [7, 11) is 0. The van der Waals surface area contributed by atoms with Gasteiger partial charge < -0.3 is 10.1 Å². The van der Waals surface area contributed by atoms with Crippen LogP contribution in [0.4, 0.5) is 5.69 Å². The maximum Gasteiger partial charge on any atom is 0.248 e. The fourth-order valence-corrected chi connectivity index (χ4v) is 2.47. The number of amides is 1. The summed E-state index contributed by atoms with van der Waals surface area (Å²) in [5.74, 6) is 0.929. The van der Waals surface area contributed by atoms with Crippen LogP contribution in [0, 0.1) is 3.57 Å².